The smallest absolute Gasteiger partial charge is 0.133 e. The number of nitrogens with one attached hydrogen (secondary N) is 1. The van der Waals surface area contributed by atoms with Gasteiger partial charge in [0.25, 0.3) is 0 Å². The molecule has 128 valence electrons. The van der Waals surface area contributed by atoms with Crippen molar-refractivity contribution in [3.05, 3.63) is 17.1 Å². The van der Waals surface area contributed by atoms with E-state index in [0.717, 1.165) is 43.6 Å². The van der Waals surface area contributed by atoms with E-state index in [1.54, 1.807) is 0 Å². The molecule has 1 aliphatic heterocycles. The van der Waals surface area contributed by atoms with Gasteiger partial charge in [0.2, 0.25) is 0 Å². The lowest BCUT2D eigenvalue weighted by atomic mass is 9.96. The fourth-order valence-corrected chi connectivity index (χ4v) is 3.86. The molecule has 0 unspecified atom stereocenters. The minimum Gasteiger partial charge on any atom is -0.368 e. The van der Waals surface area contributed by atoms with Gasteiger partial charge in [0, 0.05) is 30.4 Å². The zero-order chi connectivity index (χ0) is 16.2. The highest BCUT2D eigenvalue weighted by Gasteiger charge is 2.20. The van der Waals surface area contributed by atoms with Crippen LogP contribution in [0.2, 0.25) is 0 Å². The first-order valence-corrected chi connectivity index (χ1v) is 9.12. The summed E-state index contributed by atoms with van der Waals surface area (Å²) in [6, 6.07) is 0.760. The van der Waals surface area contributed by atoms with E-state index in [9.17, 15) is 0 Å². The van der Waals surface area contributed by atoms with Gasteiger partial charge in [-0.2, -0.15) is 0 Å². The Morgan fingerprint density at radius 3 is 2.61 bits per heavy atom. The van der Waals surface area contributed by atoms with Crippen LogP contribution in [0.5, 0.6) is 0 Å². The van der Waals surface area contributed by atoms with Crippen molar-refractivity contribution in [3.8, 4) is 0 Å². The van der Waals surface area contributed by atoms with Gasteiger partial charge in [0.1, 0.15) is 11.6 Å². The SMILES string of the molecule is Cc1nc2c(c(NCCN3CCC(N(C)C)CC3)n1)CCCC2. The van der Waals surface area contributed by atoms with E-state index in [-0.39, 0.29) is 0 Å². The first-order chi connectivity index (χ1) is 11.1. The maximum atomic E-state index is 4.66. The summed E-state index contributed by atoms with van der Waals surface area (Å²) in [7, 11) is 4.39. The van der Waals surface area contributed by atoms with E-state index < -0.39 is 0 Å². The van der Waals surface area contributed by atoms with Crippen molar-refractivity contribution in [1.29, 1.82) is 0 Å². The molecule has 5 heteroatoms. The summed E-state index contributed by atoms with van der Waals surface area (Å²) in [6.07, 6.45) is 7.36. The highest BCUT2D eigenvalue weighted by Crippen LogP contribution is 2.25. The molecule has 2 heterocycles. The molecular formula is C18H31N5. The number of anilines is 1. The molecule has 0 radical (unpaired) electrons. The van der Waals surface area contributed by atoms with Crippen LogP contribution < -0.4 is 5.32 Å². The maximum Gasteiger partial charge on any atom is 0.133 e. The molecule has 1 N–H and O–H groups in total. The Morgan fingerprint density at radius 2 is 1.87 bits per heavy atom. The Balaban J connectivity index is 1.51. The van der Waals surface area contributed by atoms with E-state index >= 15 is 0 Å². The zero-order valence-electron chi connectivity index (χ0n) is 14.9. The second-order valence-electron chi connectivity index (χ2n) is 7.21. The van der Waals surface area contributed by atoms with Crippen LogP contribution in [0.1, 0.15) is 42.8 Å². The zero-order valence-corrected chi connectivity index (χ0v) is 14.9. The van der Waals surface area contributed by atoms with Gasteiger partial charge < -0.3 is 15.1 Å². The molecule has 1 aliphatic carbocycles. The van der Waals surface area contributed by atoms with Gasteiger partial charge in [-0.25, -0.2) is 9.97 Å². The molecule has 23 heavy (non-hydrogen) atoms. The van der Waals surface area contributed by atoms with Crippen LogP contribution in [-0.4, -0.2) is 66.1 Å². The molecule has 1 aromatic heterocycles. The van der Waals surface area contributed by atoms with Gasteiger partial charge in [0.15, 0.2) is 0 Å². The van der Waals surface area contributed by atoms with E-state index in [0.29, 0.717) is 0 Å². The Morgan fingerprint density at radius 1 is 1.13 bits per heavy atom. The molecule has 0 atom stereocenters. The summed E-state index contributed by atoms with van der Waals surface area (Å²) in [4.78, 5) is 14.2. The second-order valence-corrected chi connectivity index (χ2v) is 7.21. The Labute approximate surface area is 140 Å². The van der Waals surface area contributed by atoms with Crippen LogP contribution in [0, 0.1) is 6.92 Å². The molecule has 0 bridgehead atoms. The molecule has 1 aromatic rings. The summed E-state index contributed by atoms with van der Waals surface area (Å²) >= 11 is 0. The molecule has 0 amide bonds. The number of rotatable bonds is 5. The number of aromatic nitrogens is 2. The summed E-state index contributed by atoms with van der Waals surface area (Å²) in [5.41, 5.74) is 2.64. The van der Waals surface area contributed by atoms with Gasteiger partial charge in [-0.05, 0) is 72.6 Å². The van der Waals surface area contributed by atoms with Crippen LogP contribution in [0.4, 0.5) is 5.82 Å². The lowest BCUT2D eigenvalue weighted by Gasteiger charge is -2.35. The predicted octanol–water partition coefficient (Wildman–Crippen LogP) is 2.10. The topological polar surface area (TPSA) is 44.3 Å². The first kappa shape index (κ1) is 16.7. The first-order valence-electron chi connectivity index (χ1n) is 9.12. The van der Waals surface area contributed by atoms with Crippen molar-refractivity contribution in [2.24, 2.45) is 0 Å². The van der Waals surface area contributed by atoms with Gasteiger partial charge in [0.05, 0.1) is 0 Å². The summed E-state index contributed by atoms with van der Waals surface area (Å²) in [6.45, 7) is 6.52. The third kappa shape index (κ3) is 4.21. The predicted molar refractivity (Wildman–Crippen MR) is 95.0 cm³/mol. The maximum absolute atomic E-state index is 4.66. The molecular weight excluding hydrogens is 286 g/mol. The minimum absolute atomic E-state index is 0.760. The van der Waals surface area contributed by atoms with Crippen molar-refractivity contribution in [2.45, 2.75) is 51.5 Å². The van der Waals surface area contributed by atoms with Crippen LogP contribution in [-0.2, 0) is 12.8 Å². The number of fused-ring (bicyclic) bond motifs is 1. The molecule has 0 aromatic carbocycles. The third-order valence-corrected chi connectivity index (χ3v) is 5.30. The number of hydrogen-bond acceptors (Lipinski definition) is 5. The van der Waals surface area contributed by atoms with Crippen LogP contribution in [0.25, 0.3) is 0 Å². The van der Waals surface area contributed by atoms with Crippen molar-refractivity contribution < 1.29 is 0 Å². The van der Waals surface area contributed by atoms with Gasteiger partial charge in [-0.3, -0.25) is 0 Å². The largest absolute Gasteiger partial charge is 0.368 e. The summed E-state index contributed by atoms with van der Waals surface area (Å²) < 4.78 is 0. The standard InChI is InChI=1S/C18H31N5/c1-14-20-17-7-5-4-6-16(17)18(21-14)19-10-13-23-11-8-15(9-12-23)22(2)3/h15H,4-13H2,1-3H3,(H,19,20,21). The fraction of sp³-hybridized carbons (Fsp3) is 0.778. The number of hydrogen-bond donors (Lipinski definition) is 1. The Bertz CT molecular complexity index is 520. The molecule has 5 nitrogen and oxygen atoms in total. The highest BCUT2D eigenvalue weighted by atomic mass is 15.2. The summed E-state index contributed by atoms with van der Waals surface area (Å²) in [5.74, 6) is 2.00. The van der Waals surface area contributed by atoms with Crippen molar-refractivity contribution in [3.63, 3.8) is 0 Å². The lowest BCUT2D eigenvalue weighted by molar-refractivity contribution is 0.148. The molecule has 1 fully saturated rings. The molecule has 0 spiro atoms. The van der Waals surface area contributed by atoms with Crippen LogP contribution >= 0.6 is 0 Å². The van der Waals surface area contributed by atoms with E-state index in [2.05, 4.69) is 39.2 Å². The van der Waals surface area contributed by atoms with Crippen LogP contribution in [0.15, 0.2) is 0 Å². The number of nitrogens with zero attached hydrogens (tertiary/aromatic N) is 4. The van der Waals surface area contributed by atoms with Gasteiger partial charge >= 0.3 is 0 Å². The molecule has 0 saturated carbocycles. The molecule has 2 aliphatic rings. The van der Waals surface area contributed by atoms with Crippen molar-refractivity contribution >= 4 is 5.82 Å². The summed E-state index contributed by atoms with van der Waals surface area (Å²) in [5, 5.41) is 3.59. The second kappa shape index (κ2) is 7.58. The average Bonchev–Trinajstić information content (AvgIpc) is 2.55. The van der Waals surface area contributed by atoms with Gasteiger partial charge in [-0.15, -0.1) is 0 Å². The fourth-order valence-electron chi connectivity index (χ4n) is 3.86. The quantitative estimate of drug-likeness (QED) is 0.901. The molecule has 1 saturated heterocycles. The average molecular weight is 317 g/mol. The van der Waals surface area contributed by atoms with E-state index in [4.69, 9.17) is 0 Å². The van der Waals surface area contributed by atoms with Crippen LogP contribution in [0.3, 0.4) is 0 Å². The normalized spacial score (nSPS) is 19.8. The van der Waals surface area contributed by atoms with Gasteiger partial charge in [-0.1, -0.05) is 0 Å². The van der Waals surface area contributed by atoms with Crippen molar-refractivity contribution in [1.82, 2.24) is 19.8 Å². The Kier molecular flexibility index (Phi) is 5.49. The molecule has 3 rings (SSSR count). The monoisotopic (exact) mass is 317 g/mol. The Hall–Kier alpha value is -1.20. The third-order valence-electron chi connectivity index (χ3n) is 5.30. The number of likely N-dealkylation sites (tertiary alicyclic amines) is 1. The number of aryl methyl sites for hydroxylation is 2. The minimum atomic E-state index is 0.760. The van der Waals surface area contributed by atoms with E-state index in [1.807, 2.05) is 6.92 Å². The highest BCUT2D eigenvalue weighted by molar-refractivity contribution is 5.47. The number of piperidine rings is 1. The van der Waals surface area contributed by atoms with E-state index in [1.165, 1.54) is 50.0 Å². The lowest BCUT2D eigenvalue weighted by Crippen LogP contribution is -2.43. The van der Waals surface area contributed by atoms with Crippen molar-refractivity contribution in [2.75, 3.05) is 45.6 Å².